The topological polar surface area (TPSA) is 80.2 Å². The maximum absolute atomic E-state index is 12.4. The van der Waals surface area contributed by atoms with Gasteiger partial charge in [0.1, 0.15) is 23.6 Å². The molecule has 0 aliphatic carbocycles. The third-order valence-corrected chi connectivity index (χ3v) is 4.54. The summed E-state index contributed by atoms with van der Waals surface area (Å²) in [6.45, 7) is 9.08. The van der Waals surface area contributed by atoms with Crippen LogP contribution in [0.1, 0.15) is 45.0 Å². The quantitative estimate of drug-likeness (QED) is 0.856. The molecule has 7 heteroatoms. The Balaban J connectivity index is 1.61. The molecule has 1 atom stereocenters. The van der Waals surface area contributed by atoms with Crippen molar-refractivity contribution < 1.29 is 9.53 Å². The largest absolute Gasteiger partial charge is 0.444 e. The van der Waals surface area contributed by atoms with E-state index < -0.39 is 5.60 Å². The number of likely N-dealkylation sites (tertiary alicyclic amines) is 1. The molecule has 0 unspecified atom stereocenters. The molecule has 1 aliphatic rings. The van der Waals surface area contributed by atoms with Gasteiger partial charge in [-0.05, 0) is 65.0 Å². The Morgan fingerprint density at radius 1 is 1.29 bits per heavy atom. The number of pyridine rings is 1. The highest BCUT2D eigenvalue weighted by Crippen LogP contribution is 2.23. The smallest absolute Gasteiger partial charge is 0.410 e. The van der Waals surface area contributed by atoms with Gasteiger partial charge in [0, 0.05) is 30.5 Å². The standard InChI is InChI=1S/C21H29N5O2/c1-15-7-5-9-18(24-15)25-19-12-17(22-14-23-19)11-16-8-6-10-26(13-16)20(27)28-21(2,3)4/h5,7,9,12,14,16H,6,8,10-11,13H2,1-4H3,(H,22,23,24,25)/t16-/m0/s1. The van der Waals surface area contributed by atoms with Gasteiger partial charge in [-0.15, -0.1) is 0 Å². The third-order valence-electron chi connectivity index (χ3n) is 4.54. The Bertz CT molecular complexity index is 818. The van der Waals surface area contributed by atoms with Crippen LogP contribution < -0.4 is 5.32 Å². The van der Waals surface area contributed by atoms with E-state index in [4.69, 9.17) is 4.74 Å². The van der Waals surface area contributed by atoms with Crippen LogP contribution in [0.25, 0.3) is 0 Å². The minimum absolute atomic E-state index is 0.229. The Morgan fingerprint density at radius 2 is 2.11 bits per heavy atom. The zero-order chi connectivity index (χ0) is 20.1. The van der Waals surface area contributed by atoms with E-state index in [-0.39, 0.29) is 6.09 Å². The number of nitrogens with zero attached hydrogens (tertiary/aromatic N) is 4. The average Bonchev–Trinajstić information content (AvgIpc) is 2.61. The molecule has 0 radical (unpaired) electrons. The number of hydrogen-bond acceptors (Lipinski definition) is 6. The van der Waals surface area contributed by atoms with Crippen molar-refractivity contribution in [1.29, 1.82) is 0 Å². The lowest BCUT2D eigenvalue weighted by molar-refractivity contribution is 0.0165. The van der Waals surface area contributed by atoms with E-state index in [1.54, 1.807) is 6.33 Å². The number of anilines is 2. The molecular formula is C21H29N5O2. The van der Waals surface area contributed by atoms with Crippen LogP contribution in [0.4, 0.5) is 16.4 Å². The number of aryl methyl sites for hydroxylation is 1. The lowest BCUT2D eigenvalue weighted by atomic mass is 9.93. The predicted molar refractivity (Wildman–Crippen MR) is 109 cm³/mol. The van der Waals surface area contributed by atoms with Gasteiger partial charge in [-0.1, -0.05) is 6.07 Å². The highest BCUT2D eigenvalue weighted by atomic mass is 16.6. The van der Waals surface area contributed by atoms with Crippen LogP contribution in [0.3, 0.4) is 0 Å². The number of rotatable bonds is 4. The number of carbonyl (C=O) groups excluding carboxylic acids is 1. The second-order valence-corrected chi connectivity index (χ2v) is 8.32. The first-order chi connectivity index (χ1) is 13.3. The van der Waals surface area contributed by atoms with E-state index in [1.165, 1.54) is 0 Å². The Kier molecular flexibility index (Phi) is 6.11. The molecule has 2 aromatic rings. The lowest BCUT2D eigenvalue weighted by Gasteiger charge is -2.34. The normalized spacial score (nSPS) is 17.3. The predicted octanol–water partition coefficient (Wildman–Crippen LogP) is 4.11. The number of carbonyl (C=O) groups is 1. The molecule has 7 nitrogen and oxygen atoms in total. The van der Waals surface area contributed by atoms with Gasteiger partial charge in [0.15, 0.2) is 0 Å². The lowest BCUT2D eigenvalue weighted by Crippen LogP contribution is -2.43. The summed E-state index contributed by atoms with van der Waals surface area (Å²) in [7, 11) is 0. The van der Waals surface area contributed by atoms with Crippen molar-refractivity contribution >= 4 is 17.7 Å². The van der Waals surface area contributed by atoms with Crippen LogP contribution in [0.5, 0.6) is 0 Å². The molecule has 1 aliphatic heterocycles. The van der Waals surface area contributed by atoms with Crippen molar-refractivity contribution in [1.82, 2.24) is 19.9 Å². The van der Waals surface area contributed by atoms with Gasteiger partial charge in [0.2, 0.25) is 0 Å². The van der Waals surface area contributed by atoms with Gasteiger partial charge in [-0.25, -0.2) is 19.7 Å². The zero-order valence-corrected chi connectivity index (χ0v) is 17.1. The molecule has 1 saturated heterocycles. The van der Waals surface area contributed by atoms with Crippen molar-refractivity contribution in [3.05, 3.63) is 42.0 Å². The molecule has 0 bridgehead atoms. The van der Waals surface area contributed by atoms with E-state index in [0.717, 1.165) is 48.8 Å². The fraction of sp³-hybridized carbons (Fsp3) is 0.524. The van der Waals surface area contributed by atoms with Gasteiger partial charge in [-0.2, -0.15) is 0 Å². The van der Waals surface area contributed by atoms with Gasteiger partial charge >= 0.3 is 6.09 Å². The zero-order valence-electron chi connectivity index (χ0n) is 17.1. The van der Waals surface area contributed by atoms with Crippen molar-refractivity contribution in [2.24, 2.45) is 5.92 Å². The summed E-state index contributed by atoms with van der Waals surface area (Å²) < 4.78 is 5.52. The third kappa shape index (κ3) is 5.90. The van der Waals surface area contributed by atoms with E-state index >= 15 is 0 Å². The monoisotopic (exact) mass is 383 g/mol. The van der Waals surface area contributed by atoms with Gasteiger partial charge in [0.25, 0.3) is 0 Å². The van der Waals surface area contributed by atoms with E-state index in [9.17, 15) is 4.79 Å². The minimum Gasteiger partial charge on any atom is -0.444 e. The molecule has 0 aromatic carbocycles. The summed E-state index contributed by atoms with van der Waals surface area (Å²) in [6, 6.07) is 7.78. The van der Waals surface area contributed by atoms with Crippen LogP contribution in [0.2, 0.25) is 0 Å². The summed E-state index contributed by atoms with van der Waals surface area (Å²) in [5.74, 6) is 1.85. The van der Waals surface area contributed by atoms with Crippen molar-refractivity contribution in [3.8, 4) is 0 Å². The number of nitrogens with one attached hydrogen (secondary N) is 1. The van der Waals surface area contributed by atoms with Crippen LogP contribution in [0.15, 0.2) is 30.6 Å². The summed E-state index contributed by atoms with van der Waals surface area (Å²) >= 11 is 0. The number of amides is 1. The van der Waals surface area contributed by atoms with Crippen LogP contribution in [0, 0.1) is 12.8 Å². The molecule has 1 N–H and O–H groups in total. The number of aromatic nitrogens is 3. The minimum atomic E-state index is -0.471. The van der Waals surface area contributed by atoms with Crippen LogP contribution in [-0.4, -0.2) is 44.6 Å². The van der Waals surface area contributed by atoms with Crippen LogP contribution in [-0.2, 0) is 11.2 Å². The van der Waals surface area contributed by atoms with Gasteiger partial charge in [-0.3, -0.25) is 0 Å². The molecule has 3 heterocycles. The molecule has 2 aromatic heterocycles. The number of piperidine rings is 1. The van der Waals surface area contributed by atoms with E-state index in [0.29, 0.717) is 12.5 Å². The Morgan fingerprint density at radius 3 is 2.86 bits per heavy atom. The highest BCUT2D eigenvalue weighted by molar-refractivity contribution is 5.68. The molecular weight excluding hydrogens is 354 g/mol. The van der Waals surface area contributed by atoms with Crippen LogP contribution >= 0.6 is 0 Å². The fourth-order valence-corrected chi connectivity index (χ4v) is 3.34. The number of hydrogen-bond donors (Lipinski definition) is 1. The Hall–Kier alpha value is -2.70. The molecule has 0 saturated carbocycles. The first kappa shape index (κ1) is 20.0. The number of ether oxygens (including phenoxy) is 1. The molecule has 1 amide bonds. The maximum atomic E-state index is 12.4. The van der Waals surface area contributed by atoms with E-state index in [1.807, 2.05) is 56.9 Å². The van der Waals surface area contributed by atoms with E-state index in [2.05, 4.69) is 20.3 Å². The molecule has 1 fully saturated rings. The summed E-state index contributed by atoms with van der Waals surface area (Å²) in [4.78, 5) is 27.3. The first-order valence-corrected chi connectivity index (χ1v) is 9.78. The SMILES string of the molecule is Cc1cccc(Nc2cc(C[C@@H]3CCCN(C(=O)OC(C)(C)C)C3)ncn2)n1. The van der Waals surface area contributed by atoms with Gasteiger partial charge < -0.3 is 15.0 Å². The molecule has 28 heavy (non-hydrogen) atoms. The Labute approximate surface area is 166 Å². The average molecular weight is 383 g/mol. The van der Waals surface area contributed by atoms with Crippen molar-refractivity contribution in [3.63, 3.8) is 0 Å². The fourth-order valence-electron chi connectivity index (χ4n) is 3.34. The van der Waals surface area contributed by atoms with Gasteiger partial charge in [0.05, 0.1) is 0 Å². The summed E-state index contributed by atoms with van der Waals surface area (Å²) in [6.07, 6.45) is 4.20. The molecule has 3 rings (SSSR count). The van der Waals surface area contributed by atoms with Crippen molar-refractivity contribution in [2.75, 3.05) is 18.4 Å². The van der Waals surface area contributed by atoms with Crippen molar-refractivity contribution in [2.45, 2.75) is 52.6 Å². The highest BCUT2D eigenvalue weighted by Gasteiger charge is 2.27. The second-order valence-electron chi connectivity index (χ2n) is 8.32. The second kappa shape index (κ2) is 8.54. The first-order valence-electron chi connectivity index (χ1n) is 9.78. The summed E-state index contributed by atoms with van der Waals surface area (Å²) in [5.41, 5.74) is 1.44. The maximum Gasteiger partial charge on any atom is 0.410 e. The molecule has 0 spiro atoms. The molecule has 150 valence electrons. The summed E-state index contributed by atoms with van der Waals surface area (Å²) in [5, 5.41) is 3.23.